The van der Waals surface area contributed by atoms with E-state index in [2.05, 4.69) is 5.32 Å². The van der Waals surface area contributed by atoms with Gasteiger partial charge in [0.05, 0.1) is 0 Å². The molecular weight excluding hydrogens is 254 g/mol. The Bertz CT molecular complexity index is 319. The minimum atomic E-state index is -1.69. The fraction of sp³-hybridized carbons (Fsp3) is 0.833. The van der Waals surface area contributed by atoms with Gasteiger partial charge in [-0.15, -0.1) is 0 Å². The van der Waals surface area contributed by atoms with Crippen LogP contribution in [0.5, 0.6) is 0 Å². The number of nitrogens with one attached hydrogen (secondary N) is 1. The van der Waals surface area contributed by atoms with Gasteiger partial charge in [-0.05, 0) is 26.7 Å². The van der Waals surface area contributed by atoms with E-state index in [1.165, 1.54) is 6.92 Å². The summed E-state index contributed by atoms with van der Waals surface area (Å²) < 4.78 is 12.0. The van der Waals surface area contributed by atoms with E-state index in [0.717, 1.165) is 12.8 Å². The molecule has 0 saturated heterocycles. The molecule has 0 aliphatic rings. The van der Waals surface area contributed by atoms with Crippen LogP contribution in [-0.4, -0.2) is 37.7 Å². The lowest BCUT2D eigenvalue weighted by Gasteiger charge is -2.19. The Morgan fingerprint density at radius 2 is 1.83 bits per heavy atom. The fourth-order valence-electron chi connectivity index (χ4n) is 1.66. The van der Waals surface area contributed by atoms with Crippen molar-refractivity contribution in [2.24, 2.45) is 0 Å². The van der Waals surface area contributed by atoms with E-state index >= 15 is 0 Å². The van der Waals surface area contributed by atoms with Gasteiger partial charge in [0.25, 0.3) is 0 Å². The Hall–Kier alpha value is -0.910. The third-order valence-corrected chi connectivity index (χ3v) is 4.76. The Kier molecular flexibility index (Phi) is 7.82. The molecule has 5 nitrogen and oxygen atoms in total. The average molecular weight is 277 g/mol. The van der Waals surface area contributed by atoms with Crippen LogP contribution in [0.3, 0.4) is 0 Å². The van der Waals surface area contributed by atoms with Crippen LogP contribution in [0.15, 0.2) is 0 Å². The Labute approximate surface area is 111 Å². The van der Waals surface area contributed by atoms with E-state index < -0.39 is 27.3 Å². The van der Waals surface area contributed by atoms with Gasteiger partial charge in [0, 0.05) is 16.8 Å². The van der Waals surface area contributed by atoms with E-state index in [0.29, 0.717) is 0 Å². The molecule has 0 rings (SSSR count). The molecule has 0 saturated carbocycles. The Morgan fingerprint density at radius 3 is 2.22 bits per heavy atom. The topological polar surface area (TPSA) is 83.5 Å². The van der Waals surface area contributed by atoms with E-state index in [-0.39, 0.29) is 18.4 Å². The van der Waals surface area contributed by atoms with Crippen LogP contribution in [0, 0.1) is 0 Å². The van der Waals surface area contributed by atoms with Crippen LogP contribution in [0.1, 0.15) is 47.0 Å². The number of carbonyl (C=O) groups excluding carboxylic acids is 1. The first-order chi connectivity index (χ1) is 8.34. The van der Waals surface area contributed by atoms with Gasteiger partial charge in [-0.3, -0.25) is 13.8 Å². The summed E-state index contributed by atoms with van der Waals surface area (Å²) in [6, 6.07) is 0.0202. The first-order valence-electron chi connectivity index (χ1n) is 6.27. The Balaban J connectivity index is 4.53. The van der Waals surface area contributed by atoms with Crippen LogP contribution in [0.2, 0.25) is 0 Å². The van der Waals surface area contributed by atoms with Crippen LogP contribution >= 0.6 is 0 Å². The SMILES string of the molecule is CCCC(C)NC(=O)C(C)S(=O)C(CC)C(=O)O. The van der Waals surface area contributed by atoms with Crippen molar-refractivity contribution in [3.63, 3.8) is 0 Å². The van der Waals surface area contributed by atoms with Crippen molar-refractivity contribution < 1.29 is 18.9 Å². The van der Waals surface area contributed by atoms with Gasteiger partial charge >= 0.3 is 5.97 Å². The zero-order valence-electron chi connectivity index (χ0n) is 11.4. The molecule has 6 heteroatoms. The summed E-state index contributed by atoms with van der Waals surface area (Å²) in [5, 5.41) is 9.89. The van der Waals surface area contributed by atoms with Crippen LogP contribution in [0.25, 0.3) is 0 Å². The van der Waals surface area contributed by atoms with Crippen molar-refractivity contribution in [1.29, 1.82) is 0 Å². The minimum absolute atomic E-state index is 0.0202. The first-order valence-corrected chi connectivity index (χ1v) is 7.55. The van der Waals surface area contributed by atoms with Gasteiger partial charge < -0.3 is 10.4 Å². The molecule has 0 aromatic carbocycles. The molecule has 0 heterocycles. The zero-order valence-corrected chi connectivity index (χ0v) is 12.3. The summed E-state index contributed by atoms with van der Waals surface area (Å²) in [5.41, 5.74) is 0. The maximum atomic E-state index is 12.0. The van der Waals surface area contributed by atoms with Gasteiger partial charge in [-0.2, -0.15) is 0 Å². The van der Waals surface area contributed by atoms with Gasteiger partial charge in [0.1, 0.15) is 10.5 Å². The van der Waals surface area contributed by atoms with Crippen molar-refractivity contribution in [3.05, 3.63) is 0 Å². The summed E-state index contributed by atoms with van der Waals surface area (Å²) in [6.07, 6.45) is 2.05. The van der Waals surface area contributed by atoms with Crippen molar-refractivity contribution in [1.82, 2.24) is 5.32 Å². The number of carboxylic acid groups (broad SMARTS) is 1. The summed E-state index contributed by atoms with van der Waals surface area (Å²) in [7, 11) is -1.69. The molecule has 1 amide bonds. The smallest absolute Gasteiger partial charge is 0.319 e. The number of carbonyl (C=O) groups is 2. The van der Waals surface area contributed by atoms with Crippen molar-refractivity contribution in [3.8, 4) is 0 Å². The van der Waals surface area contributed by atoms with Crippen molar-refractivity contribution >= 4 is 22.7 Å². The molecule has 18 heavy (non-hydrogen) atoms. The predicted molar refractivity (Wildman–Crippen MR) is 71.8 cm³/mol. The monoisotopic (exact) mass is 277 g/mol. The molecule has 0 aromatic heterocycles. The molecule has 0 aromatic rings. The lowest BCUT2D eigenvalue weighted by molar-refractivity contribution is -0.136. The second kappa shape index (κ2) is 8.24. The molecule has 0 aliphatic heterocycles. The minimum Gasteiger partial charge on any atom is -0.480 e. The third kappa shape index (κ3) is 5.16. The molecule has 4 atom stereocenters. The fourth-order valence-corrected chi connectivity index (χ4v) is 2.95. The number of amides is 1. The summed E-state index contributed by atoms with van der Waals surface area (Å²) in [5.74, 6) is -1.45. The standard InChI is InChI=1S/C12H23NO4S/c1-5-7-8(3)13-11(14)9(4)18(17)10(6-2)12(15)16/h8-10H,5-7H2,1-4H3,(H,13,14)(H,15,16). The number of carboxylic acids is 1. The quantitative estimate of drug-likeness (QED) is 0.700. The largest absolute Gasteiger partial charge is 0.480 e. The molecule has 0 radical (unpaired) electrons. The zero-order chi connectivity index (χ0) is 14.3. The highest BCUT2D eigenvalue weighted by molar-refractivity contribution is 7.87. The van der Waals surface area contributed by atoms with Gasteiger partial charge in [0.2, 0.25) is 5.91 Å². The van der Waals surface area contributed by atoms with Gasteiger partial charge in [-0.25, -0.2) is 0 Å². The Morgan fingerprint density at radius 1 is 1.28 bits per heavy atom. The highest BCUT2D eigenvalue weighted by Crippen LogP contribution is 2.09. The van der Waals surface area contributed by atoms with Gasteiger partial charge in [-0.1, -0.05) is 20.3 Å². The molecule has 0 bridgehead atoms. The number of aliphatic carboxylic acids is 1. The lowest BCUT2D eigenvalue weighted by atomic mass is 10.2. The van der Waals surface area contributed by atoms with Crippen LogP contribution < -0.4 is 5.32 Å². The van der Waals surface area contributed by atoms with Crippen LogP contribution in [-0.2, 0) is 20.4 Å². The maximum absolute atomic E-state index is 12.0. The molecule has 0 spiro atoms. The van der Waals surface area contributed by atoms with E-state index in [1.807, 2.05) is 13.8 Å². The van der Waals surface area contributed by atoms with E-state index in [1.54, 1.807) is 6.92 Å². The molecule has 0 fully saturated rings. The van der Waals surface area contributed by atoms with Crippen LogP contribution in [0.4, 0.5) is 0 Å². The normalized spacial score (nSPS) is 17.6. The average Bonchev–Trinajstić information content (AvgIpc) is 2.28. The molecule has 0 aliphatic carbocycles. The second-order valence-electron chi connectivity index (χ2n) is 4.40. The number of rotatable bonds is 8. The first kappa shape index (κ1) is 17.1. The molecular formula is C12H23NO4S. The summed E-state index contributed by atoms with van der Waals surface area (Å²) >= 11 is 0. The summed E-state index contributed by atoms with van der Waals surface area (Å²) in [6.45, 7) is 7.06. The molecule has 2 N–H and O–H groups in total. The third-order valence-electron chi connectivity index (χ3n) is 2.75. The maximum Gasteiger partial charge on any atom is 0.319 e. The highest BCUT2D eigenvalue weighted by atomic mass is 32.2. The van der Waals surface area contributed by atoms with Gasteiger partial charge in [0.15, 0.2) is 0 Å². The summed E-state index contributed by atoms with van der Waals surface area (Å²) in [4.78, 5) is 22.7. The van der Waals surface area contributed by atoms with Crippen molar-refractivity contribution in [2.45, 2.75) is 63.5 Å². The van der Waals surface area contributed by atoms with Crippen molar-refractivity contribution in [2.75, 3.05) is 0 Å². The second-order valence-corrected chi connectivity index (χ2v) is 6.34. The predicted octanol–water partition coefficient (Wildman–Crippen LogP) is 1.29. The molecule has 106 valence electrons. The lowest BCUT2D eigenvalue weighted by Crippen LogP contribution is -2.44. The van der Waals surface area contributed by atoms with E-state index in [4.69, 9.17) is 5.11 Å². The number of hydrogen-bond donors (Lipinski definition) is 2. The van der Waals surface area contributed by atoms with E-state index in [9.17, 15) is 13.8 Å². The number of hydrogen-bond acceptors (Lipinski definition) is 3. The highest BCUT2D eigenvalue weighted by Gasteiger charge is 2.31. The molecule has 4 unspecified atom stereocenters.